The van der Waals surface area contributed by atoms with E-state index in [1.165, 1.54) is 5.56 Å². The maximum Gasteiger partial charge on any atom is 0.106 e. The van der Waals surface area contributed by atoms with Crippen molar-refractivity contribution < 1.29 is 9.21 Å². The van der Waals surface area contributed by atoms with Crippen molar-refractivity contribution in [2.45, 2.75) is 34.6 Å². The Hall–Kier alpha value is -1.05. The zero-order valence-corrected chi connectivity index (χ0v) is 8.76. The summed E-state index contributed by atoms with van der Waals surface area (Å²) in [4.78, 5) is 8.00. The van der Waals surface area contributed by atoms with Crippen molar-refractivity contribution in [3.8, 4) is 0 Å². The van der Waals surface area contributed by atoms with Crippen molar-refractivity contribution >= 4 is 6.79 Å². The first kappa shape index (κ1) is 17.2. The number of hydrogen-bond acceptors (Lipinski definition) is 2. The van der Waals surface area contributed by atoms with Crippen LogP contribution >= 0.6 is 0 Å². The van der Waals surface area contributed by atoms with Gasteiger partial charge in [0, 0.05) is 0 Å². The molecule has 0 aliphatic carbocycles. The first-order valence-corrected chi connectivity index (χ1v) is 4.17. The minimum Gasteiger partial charge on any atom is -0.472 e. The summed E-state index contributed by atoms with van der Waals surface area (Å²) in [6.07, 6.45) is 3.37. The lowest BCUT2D eigenvalue weighted by Gasteiger charge is -1.63. The summed E-state index contributed by atoms with van der Waals surface area (Å²) < 4.78 is 4.71. The second kappa shape index (κ2) is 22.5. The Morgan fingerprint density at radius 3 is 1.67 bits per heavy atom. The van der Waals surface area contributed by atoms with E-state index in [0.717, 1.165) is 0 Å². The van der Waals surface area contributed by atoms with Gasteiger partial charge in [0.25, 0.3) is 0 Å². The van der Waals surface area contributed by atoms with E-state index in [1.54, 1.807) is 12.5 Å². The van der Waals surface area contributed by atoms with Gasteiger partial charge < -0.3 is 9.21 Å². The Balaban J connectivity index is -0.000000117. The molecule has 0 saturated carbocycles. The van der Waals surface area contributed by atoms with Crippen LogP contribution in [0.2, 0.25) is 0 Å². The molecule has 0 bridgehead atoms. The molecule has 2 heteroatoms. The van der Waals surface area contributed by atoms with E-state index in [-0.39, 0.29) is 0 Å². The van der Waals surface area contributed by atoms with Crippen molar-refractivity contribution in [1.29, 1.82) is 0 Å². The predicted molar refractivity (Wildman–Crippen MR) is 53.3 cm³/mol. The van der Waals surface area contributed by atoms with Crippen molar-refractivity contribution in [3.05, 3.63) is 24.2 Å². The van der Waals surface area contributed by atoms with Gasteiger partial charge in [0.1, 0.15) is 6.79 Å². The molecule has 1 rings (SSSR count). The van der Waals surface area contributed by atoms with Crippen molar-refractivity contribution in [2.75, 3.05) is 0 Å². The largest absolute Gasteiger partial charge is 0.472 e. The van der Waals surface area contributed by atoms with E-state index in [4.69, 9.17) is 9.21 Å². The smallest absolute Gasteiger partial charge is 0.106 e. The molecule has 0 radical (unpaired) electrons. The fraction of sp³-hybridized carbons (Fsp3) is 0.500. The fourth-order valence-electron chi connectivity index (χ4n) is 0.333. The average molecular weight is 172 g/mol. The predicted octanol–water partition coefficient (Wildman–Crippen LogP) is 3.46. The van der Waals surface area contributed by atoms with Gasteiger partial charge in [-0.05, 0) is 18.6 Å². The summed E-state index contributed by atoms with van der Waals surface area (Å²) in [7, 11) is 0. The third-order valence-electron chi connectivity index (χ3n) is 0.663. The summed E-state index contributed by atoms with van der Waals surface area (Å²) in [5.41, 5.74) is 1.18. The lowest BCUT2D eigenvalue weighted by molar-refractivity contribution is -0.0979. The molecule has 1 aromatic heterocycles. The number of aryl methyl sites for hydroxylation is 1. The van der Waals surface area contributed by atoms with Crippen LogP contribution in [0.25, 0.3) is 0 Å². The van der Waals surface area contributed by atoms with Crippen LogP contribution in [0.3, 0.4) is 0 Å². The molecule has 2 nitrogen and oxygen atoms in total. The molecule has 0 fully saturated rings. The number of hydrogen-bond donors (Lipinski definition) is 0. The first-order valence-electron chi connectivity index (χ1n) is 4.17. The van der Waals surface area contributed by atoms with E-state index < -0.39 is 0 Å². The van der Waals surface area contributed by atoms with Gasteiger partial charge in [-0.3, -0.25) is 0 Å². The third kappa shape index (κ3) is 16.0. The molecule has 0 aromatic carbocycles. The van der Waals surface area contributed by atoms with Crippen LogP contribution in [-0.4, -0.2) is 6.79 Å². The Morgan fingerprint density at radius 2 is 1.58 bits per heavy atom. The normalized spacial score (nSPS) is 5.75. The monoisotopic (exact) mass is 172 g/mol. The Morgan fingerprint density at radius 1 is 1.17 bits per heavy atom. The van der Waals surface area contributed by atoms with Crippen LogP contribution in [0.5, 0.6) is 0 Å². The van der Waals surface area contributed by atoms with Crippen LogP contribution in [0.4, 0.5) is 0 Å². The number of rotatable bonds is 0. The van der Waals surface area contributed by atoms with Crippen LogP contribution in [0, 0.1) is 6.92 Å². The highest BCUT2D eigenvalue weighted by molar-refractivity contribution is 5.11. The molecule has 0 saturated heterocycles. The zero-order chi connectivity index (χ0) is 10.4. The SMILES string of the molecule is C=O.CC.CC.Cc1ccoc1. The van der Waals surface area contributed by atoms with Crippen LogP contribution in [0.15, 0.2) is 23.0 Å². The van der Waals surface area contributed by atoms with Gasteiger partial charge in [-0.1, -0.05) is 27.7 Å². The Labute approximate surface area is 75.6 Å². The number of carbonyl (C=O) groups excluding carboxylic acids is 1. The lowest BCUT2D eigenvalue weighted by atomic mass is 10.4. The highest BCUT2D eigenvalue weighted by Crippen LogP contribution is 1.93. The van der Waals surface area contributed by atoms with E-state index >= 15 is 0 Å². The maximum absolute atomic E-state index is 8.00. The molecule has 0 amide bonds. The number of furan rings is 1. The molecule has 0 unspecified atom stereocenters. The Kier molecular flexibility index (Phi) is 32.2. The van der Waals surface area contributed by atoms with Gasteiger partial charge in [-0.15, -0.1) is 0 Å². The lowest BCUT2D eigenvalue weighted by Crippen LogP contribution is -1.48. The molecule has 72 valence electrons. The molecule has 1 heterocycles. The molecule has 0 atom stereocenters. The van der Waals surface area contributed by atoms with E-state index in [1.807, 2.05) is 47.5 Å². The van der Waals surface area contributed by atoms with Gasteiger partial charge in [-0.25, -0.2) is 0 Å². The molecule has 0 spiro atoms. The summed E-state index contributed by atoms with van der Waals surface area (Å²) in [5.74, 6) is 0. The van der Waals surface area contributed by atoms with Gasteiger partial charge in [-0.2, -0.15) is 0 Å². The highest BCUT2D eigenvalue weighted by atomic mass is 16.3. The van der Waals surface area contributed by atoms with Crippen molar-refractivity contribution in [1.82, 2.24) is 0 Å². The van der Waals surface area contributed by atoms with Gasteiger partial charge in [0.05, 0.1) is 12.5 Å². The summed E-state index contributed by atoms with van der Waals surface area (Å²) in [5, 5.41) is 0. The summed E-state index contributed by atoms with van der Waals surface area (Å²) >= 11 is 0. The standard InChI is InChI=1S/C5H6O.2C2H6.CH2O/c1-5-2-3-6-4-5;3*1-2/h2-4H,1H3;2*1-2H3;1H2. The van der Waals surface area contributed by atoms with E-state index in [2.05, 4.69) is 0 Å². The van der Waals surface area contributed by atoms with Crippen LogP contribution in [-0.2, 0) is 4.79 Å². The Bertz CT molecular complexity index is 122. The van der Waals surface area contributed by atoms with E-state index in [0.29, 0.717) is 0 Å². The maximum atomic E-state index is 8.00. The zero-order valence-electron chi connectivity index (χ0n) is 8.76. The van der Waals surface area contributed by atoms with E-state index in [9.17, 15) is 0 Å². The molecule has 1 aromatic rings. The summed E-state index contributed by atoms with van der Waals surface area (Å²) in [6.45, 7) is 12.0. The van der Waals surface area contributed by atoms with Crippen LogP contribution in [0.1, 0.15) is 33.3 Å². The van der Waals surface area contributed by atoms with Crippen LogP contribution < -0.4 is 0 Å². The van der Waals surface area contributed by atoms with Gasteiger partial charge >= 0.3 is 0 Å². The minimum atomic E-state index is 1.18. The topological polar surface area (TPSA) is 30.2 Å². The fourth-order valence-corrected chi connectivity index (χ4v) is 0.333. The number of carbonyl (C=O) groups is 1. The minimum absolute atomic E-state index is 1.18. The molecular weight excluding hydrogens is 152 g/mol. The van der Waals surface area contributed by atoms with Gasteiger partial charge in [0.2, 0.25) is 0 Å². The molecular formula is C10H20O2. The highest BCUT2D eigenvalue weighted by Gasteiger charge is 1.75. The summed E-state index contributed by atoms with van der Waals surface area (Å²) in [6, 6.07) is 1.92. The second-order valence-electron chi connectivity index (χ2n) is 1.30. The van der Waals surface area contributed by atoms with Crippen molar-refractivity contribution in [2.24, 2.45) is 0 Å². The quantitative estimate of drug-likeness (QED) is 0.600. The van der Waals surface area contributed by atoms with Crippen molar-refractivity contribution in [3.63, 3.8) is 0 Å². The van der Waals surface area contributed by atoms with Gasteiger partial charge in [0.15, 0.2) is 0 Å². The average Bonchev–Trinajstić information content (AvgIpc) is 2.66. The molecule has 0 aliphatic heterocycles. The third-order valence-corrected chi connectivity index (χ3v) is 0.663. The second-order valence-corrected chi connectivity index (χ2v) is 1.30. The molecule has 0 N–H and O–H groups in total. The molecule has 0 aliphatic rings. The first-order chi connectivity index (χ1) is 5.89. The molecule has 12 heavy (non-hydrogen) atoms.